The highest BCUT2D eigenvalue weighted by molar-refractivity contribution is 5.95. The molecule has 2 aromatic rings. The first kappa shape index (κ1) is 15.3. The van der Waals surface area contributed by atoms with E-state index in [0.29, 0.717) is 0 Å². The van der Waals surface area contributed by atoms with Gasteiger partial charge in [0.05, 0.1) is 18.2 Å². The highest BCUT2D eigenvalue weighted by Crippen LogP contribution is 2.35. The van der Waals surface area contributed by atoms with Crippen LogP contribution in [0.1, 0.15) is 37.9 Å². The molecule has 0 fully saturated rings. The fraction of sp³-hybridized carbons (Fsp3) is 0.333. The number of hydrogen-bond acceptors (Lipinski definition) is 3. The highest BCUT2D eigenvalue weighted by atomic mass is 16.2. The van der Waals surface area contributed by atoms with E-state index < -0.39 is 0 Å². The van der Waals surface area contributed by atoms with Crippen molar-refractivity contribution in [2.75, 3.05) is 23.3 Å². The monoisotopic (exact) mass is 310 g/mol. The van der Waals surface area contributed by atoms with E-state index in [1.54, 1.807) is 13.3 Å². The molecule has 2 N–H and O–H groups in total. The minimum Gasteiger partial charge on any atom is -0.384 e. The number of rotatable bonds is 4. The molecule has 1 aromatic carbocycles. The number of H-pyrrole nitrogens is 1. The number of fused-ring (bicyclic) bond motifs is 1. The molecule has 120 valence electrons. The molecule has 0 bridgehead atoms. The Morgan fingerprint density at radius 2 is 2.30 bits per heavy atom. The summed E-state index contributed by atoms with van der Waals surface area (Å²) in [5.41, 5.74) is 5.48. The number of benzene rings is 1. The van der Waals surface area contributed by atoms with E-state index in [1.807, 2.05) is 17.2 Å². The van der Waals surface area contributed by atoms with Crippen LogP contribution in [0.25, 0.3) is 11.6 Å². The number of carbonyl (C=O) groups is 1. The molecule has 0 unspecified atom stereocenters. The van der Waals surface area contributed by atoms with Crippen molar-refractivity contribution in [2.45, 2.75) is 26.7 Å². The number of imidazole rings is 1. The lowest BCUT2D eigenvalue weighted by molar-refractivity contribution is -0.116. The number of amides is 1. The summed E-state index contributed by atoms with van der Waals surface area (Å²) < 4.78 is 0. The van der Waals surface area contributed by atoms with Crippen LogP contribution in [0.4, 0.5) is 11.4 Å². The standard InChI is InChI=1S/C18H22N4O/c1-3-8-22(13(2)23)16-4-5-18-17(10-16)14(6-7-20-18)9-15-11-19-12-21-15/h4-5,9-12,20H,3,6-8H2,1-2H3,(H,19,21)/b14-9+. The first-order valence-electron chi connectivity index (χ1n) is 8.04. The summed E-state index contributed by atoms with van der Waals surface area (Å²) >= 11 is 0. The van der Waals surface area contributed by atoms with Gasteiger partial charge in [-0.05, 0) is 42.7 Å². The molecule has 0 saturated heterocycles. The topological polar surface area (TPSA) is 61.0 Å². The number of aromatic amines is 1. The van der Waals surface area contributed by atoms with Gasteiger partial charge in [0.2, 0.25) is 5.91 Å². The molecule has 5 nitrogen and oxygen atoms in total. The van der Waals surface area contributed by atoms with Crippen LogP contribution in [0.2, 0.25) is 0 Å². The van der Waals surface area contributed by atoms with Crippen LogP contribution in [0.3, 0.4) is 0 Å². The van der Waals surface area contributed by atoms with Crippen LogP contribution in [-0.4, -0.2) is 29.0 Å². The molecule has 1 aromatic heterocycles. The van der Waals surface area contributed by atoms with Crippen molar-refractivity contribution in [3.05, 3.63) is 42.0 Å². The second-order valence-electron chi connectivity index (χ2n) is 5.75. The Bertz CT molecular complexity index is 719. The largest absolute Gasteiger partial charge is 0.384 e. The van der Waals surface area contributed by atoms with Crippen molar-refractivity contribution < 1.29 is 4.79 Å². The maximum atomic E-state index is 11.9. The third-order valence-corrected chi connectivity index (χ3v) is 4.05. The molecule has 0 atom stereocenters. The van der Waals surface area contributed by atoms with Gasteiger partial charge in [-0.2, -0.15) is 0 Å². The average Bonchev–Trinajstić information content (AvgIpc) is 3.05. The predicted molar refractivity (Wildman–Crippen MR) is 94.3 cm³/mol. The Labute approximate surface area is 136 Å². The third kappa shape index (κ3) is 3.28. The van der Waals surface area contributed by atoms with Crippen LogP contribution in [0.5, 0.6) is 0 Å². The Morgan fingerprint density at radius 1 is 1.43 bits per heavy atom. The van der Waals surface area contributed by atoms with Gasteiger partial charge in [-0.25, -0.2) is 4.98 Å². The summed E-state index contributed by atoms with van der Waals surface area (Å²) in [7, 11) is 0. The molecule has 1 aliphatic rings. The smallest absolute Gasteiger partial charge is 0.223 e. The van der Waals surface area contributed by atoms with Gasteiger partial charge in [0.1, 0.15) is 0 Å². The van der Waals surface area contributed by atoms with E-state index in [9.17, 15) is 4.79 Å². The number of hydrogen-bond donors (Lipinski definition) is 2. The van der Waals surface area contributed by atoms with E-state index in [-0.39, 0.29) is 5.91 Å². The van der Waals surface area contributed by atoms with Crippen molar-refractivity contribution in [3.63, 3.8) is 0 Å². The maximum absolute atomic E-state index is 11.9. The van der Waals surface area contributed by atoms with E-state index in [4.69, 9.17) is 0 Å². The van der Waals surface area contributed by atoms with Crippen molar-refractivity contribution in [3.8, 4) is 0 Å². The molecule has 0 saturated carbocycles. The van der Waals surface area contributed by atoms with E-state index in [0.717, 1.165) is 48.6 Å². The van der Waals surface area contributed by atoms with Gasteiger partial charge < -0.3 is 15.2 Å². The zero-order valence-electron chi connectivity index (χ0n) is 13.6. The van der Waals surface area contributed by atoms with Crippen molar-refractivity contribution in [2.24, 2.45) is 0 Å². The molecule has 3 rings (SSSR count). The van der Waals surface area contributed by atoms with Gasteiger partial charge in [-0.1, -0.05) is 6.92 Å². The van der Waals surface area contributed by atoms with Crippen molar-refractivity contribution in [1.29, 1.82) is 0 Å². The first-order chi connectivity index (χ1) is 11.2. The summed E-state index contributed by atoms with van der Waals surface area (Å²) in [6.07, 6.45) is 7.52. The lowest BCUT2D eigenvalue weighted by atomic mass is 9.95. The molecule has 23 heavy (non-hydrogen) atoms. The first-order valence-corrected chi connectivity index (χ1v) is 8.04. The zero-order valence-corrected chi connectivity index (χ0v) is 13.6. The third-order valence-electron chi connectivity index (χ3n) is 4.05. The number of nitrogens with zero attached hydrogens (tertiary/aromatic N) is 2. The molecular weight excluding hydrogens is 288 g/mol. The minimum atomic E-state index is 0.0784. The molecule has 0 radical (unpaired) electrons. The van der Waals surface area contributed by atoms with Gasteiger partial charge in [-0.15, -0.1) is 0 Å². The molecule has 0 spiro atoms. The van der Waals surface area contributed by atoms with E-state index in [1.165, 1.54) is 5.57 Å². The number of anilines is 2. The number of carbonyl (C=O) groups excluding carboxylic acids is 1. The number of nitrogens with one attached hydrogen (secondary N) is 2. The van der Waals surface area contributed by atoms with Crippen LogP contribution >= 0.6 is 0 Å². The highest BCUT2D eigenvalue weighted by Gasteiger charge is 2.17. The van der Waals surface area contributed by atoms with E-state index >= 15 is 0 Å². The summed E-state index contributed by atoms with van der Waals surface area (Å²) in [5, 5.41) is 3.43. The summed E-state index contributed by atoms with van der Waals surface area (Å²) in [6, 6.07) is 6.19. The average molecular weight is 310 g/mol. The Balaban J connectivity index is 2.01. The van der Waals surface area contributed by atoms with E-state index in [2.05, 4.69) is 40.4 Å². The fourth-order valence-electron chi connectivity index (χ4n) is 2.96. The lowest BCUT2D eigenvalue weighted by Crippen LogP contribution is -2.29. The Kier molecular flexibility index (Phi) is 4.46. The predicted octanol–water partition coefficient (Wildman–Crippen LogP) is 3.53. The summed E-state index contributed by atoms with van der Waals surface area (Å²) in [4.78, 5) is 20.9. The van der Waals surface area contributed by atoms with Gasteiger partial charge in [-0.3, -0.25) is 4.79 Å². The summed E-state index contributed by atoms with van der Waals surface area (Å²) in [6.45, 7) is 5.35. The Hall–Kier alpha value is -2.56. The maximum Gasteiger partial charge on any atom is 0.223 e. The van der Waals surface area contributed by atoms with Gasteiger partial charge in [0.15, 0.2) is 0 Å². The molecule has 1 aliphatic heterocycles. The second-order valence-corrected chi connectivity index (χ2v) is 5.75. The van der Waals surface area contributed by atoms with Crippen LogP contribution in [0, 0.1) is 0 Å². The SMILES string of the molecule is CCCN(C(C)=O)c1ccc2c(c1)/C(=C/c1cnc[nH]1)CCN2. The van der Waals surface area contributed by atoms with Gasteiger partial charge in [0, 0.05) is 37.0 Å². The lowest BCUT2D eigenvalue weighted by Gasteiger charge is -2.25. The normalized spacial score (nSPS) is 15.1. The van der Waals surface area contributed by atoms with Crippen LogP contribution in [-0.2, 0) is 4.79 Å². The van der Waals surface area contributed by atoms with Crippen LogP contribution in [0.15, 0.2) is 30.7 Å². The second kappa shape index (κ2) is 6.69. The molecule has 2 heterocycles. The van der Waals surface area contributed by atoms with Crippen LogP contribution < -0.4 is 10.2 Å². The van der Waals surface area contributed by atoms with Crippen molar-refractivity contribution in [1.82, 2.24) is 9.97 Å². The van der Waals surface area contributed by atoms with Crippen molar-refractivity contribution >= 4 is 28.9 Å². The molecule has 1 amide bonds. The minimum absolute atomic E-state index is 0.0784. The quantitative estimate of drug-likeness (QED) is 0.908. The fourth-order valence-corrected chi connectivity index (χ4v) is 2.96. The Morgan fingerprint density at radius 3 is 3.00 bits per heavy atom. The zero-order chi connectivity index (χ0) is 16.2. The summed E-state index contributed by atoms with van der Waals surface area (Å²) in [5.74, 6) is 0.0784. The van der Waals surface area contributed by atoms with Gasteiger partial charge >= 0.3 is 0 Å². The molecule has 5 heteroatoms. The molecule has 0 aliphatic carbocycles. The molecular formula is C18H22N4O. The number of aromatic nitrogens is 2. The van der Waals surface area contributed by atoms with Gasteiger partial charge in [0.25, 0.3) is 0 Å².